The number of phenolic OH excluding ortho intramolecular Hbond substituents is 3. The molecule has 0 unspecified atom stereocenters. The molecule has 0 heterocycles. The highest BCUT2D eigenvalue weighted by Crippen LogP contribution is 2.35. The molecular formula is C14H22O3. The van der Waals surface area contributed by atoms with Crippen molar-refractivity contribution in [3.63, 3.8) is 0 Å². The summed E-state index contributed by atoms with van der Waals surface area (Å²) in [6.45, 7) is 2.20. The third kappa shape index (κ3) is 4.55. The molecule has 0 atom stereocenters. The molecular weight excluding hydrogens is 216 g/mol. The van der Waals surface area contributed by atoms with Gasteiger partial charge in [-0.3, -0.25) is 0 Å². The Hall–Kier alpha value is -1.38. The van der Waals surface area contributed by atoms with E-state index in [4.69, 9.17) is 0 Å². The van der Waals surface area contributed by atoms with Gasteiger partial charge in [0.15, 0.2) is 17.2 Å². The molecule has 0 amide bonds. The predicted octanol–water partition coefficient (Wildman–Crippen LogP) is 3.71. The van der Waals surface area contributed by atoms with Crippen LogP contribution in [0.15, 0.2) is 12.1 Å². The molecule has 0 saturated carbocycles. The molecule has 3 nitrogen and oxygen atoms in total. The molecule has 17 heavy (non-hydrogen) atoms. The van der Waals surface area contributed by atoms with Crippen molar-refractivity contribution in [1.82, 2.24) is 0 Å². The fourth-order valence-corrected chi connectivity index (χ4v) is 1.91. The molecule has 0 saturated heterocycles. The number of aromatic hydroxyl groups is 3. The van der Waals surface area contributed by atoms with E-state index in [9.17, 15) is 15.3 Å². The van der Waals surface area contributed by atoms with Gasteiger partial charge in [-0.05, 0) is 30.5 Å². The maximum absolute atomic E-state index is 9.34. The topological polar surface area (TPSA) is 60.7 Å². The minimum Gasteiger partial charge on any atom is -0.504 e. The van der Waals surface area contributed by atoms with Crippen molar-refractivity contribution >= 4 is 0 Å². The number of hydrogen-bond donors (Lipinski definition) is 3. The number of unbranched alkanes of at least 4 members (excludes halogenated alkanes) is 5. The van der Waals surface area contributed by atoms with E-state index in [2.05, 4.69) is 6.92 Å². The number of phenols is 3. The third-order valence-electron chi connectivity index (χ3n) is 2.95. The molecule has 0 bridgehead atoms. The normalized spacial score (nSPS) is 10.6. The van der Waals surface area contributed by atoms with E-state index in [1.165, 1.54) is 44.2 Å². The van der Waals surface area contributed by atoms with E-state index in [0.717, 1.165) is 18.4 Å². The van der Waals surface area contributed by atoms with Gasteiger partial charge in [0, 0.05) is 0 Å². The average molecular weight is 238 g/mol. The van der Waals surface area contributed by atoms with Crippen LogP contribution in [0.2, 0.25) is 0 Å². The Bertz CT molecular complexity index is 324. The second kappa shape index (κ2) is 7.05. The van der Waals surface area contributed by atoms with Gasteiger partial charge < -0.3 is 15.3 Å². The van der Waals surface area contributed by atoms with Gasteiger partial charge in [0.25, 0.3) is 0 Å². The van der Waals surface area contributed by atoms with Crippen molar-refractivity contribution in [2.24, 2.45) is 0 Å². The van der Waals surface area contributed by atoms with Crippen LogP contribution in [0.3, 0.4) is 0 Å². The fraction of sp³-hybridized carbons (Fsp3) is 0.571. The minimum atomic E-state index is -0.434. The van der Waals surface area contributed by atoms with Gasteiger partial charge in [-0.25, -0.2) is 0 Å². The van der Waals surface area contributed by atoms with Crippen LogP contribution >= 0.6 is 0 Å². The molecule has 1 aromatic rings. The minimum absolute atomic E-state index is 0.244. The van der Waals surface area contributed by atoms with Gasteiger partial charge in [-0.2, -0.15) is 0 Å². The number of benzene rings is 1. The molecule has 0 aliphatic rings. The summed E-state index contributed by atoms with van der Waals surface area (Å²) in [6, 6.07) is 3.03. The Labute approximate surface area is 103 Å². The van der Waals surface area contributed by atoms with Gasteiger partial charge in [-0.1, -0.05) is 39.0 Å². The van der Waals surface area contributed by atoms with Crippen LogP contribution < -0.4 is 0 Å². The first-order chi connectivity index (χ1) is 8.15. The molecule has 0 fully saturated rings. The smallest absolute Gasteiger partial charge is 0.200 e. The quantitative estimate of drug-likeness (QED) is 0.501. The monoisotopic (exact) mass is 238 g/mol. The van der Waals surface area contributed by atoms with E-state index in [1.807, 2.05) is 0 Å². The number of hydrogen-bond acceptors (Lipinski definition) is 3. The lowest BCUT2D eigenvalue weighted by Crippen LogP contribution is -1.87. The van der Waals surface area contributed by atoms with Crippen molar-refractivity contribution in [2.45, 2.75) is 51.9 Å². The second-order valence-electron chi connectivity index (χ2n) is 4.50. The zero-order chi connectivity index (χ0) is 12.7. The fourth-order valence-electron chi connectivity index (χ4n) is 1.91. The standard InChI is InChI=1S/C14H22O3/c1-2-3-4-5-6-7-8-11-9-12(15)14(17)13(16)10-11/h9-10,15-17H,2-8H2,1H3. The van der Waals surface area contributed by atoms with E-state index >= 15 is 0 Å². The summed E-state index contributed by atoms with van der Waals surface area (Å²) < 4.78 is 0. The van der Waals surface area contributed by atoms with Gasteiger partial charge in [0.2, 0.25) is 0 Å². The van der Waals surface area contributed by atoms with Crippen molar-refractivity contribution in [1.29, 1.82) is 0 Å². The highest BCUT2D eigenvalue weighted by Gasteiger charge is 2.07. The summed E-state index contributed by atoms with van der Waals surface area (Å²) in [5, 5.41) is 27.9. The molecule has 1 rings (SSSR count). The average Bonchev–Trinajstić information content (AvgIpc) is 2.30. The Morgan fingerprint density at radius 1 is 0.824 bits per heavy atom. The first-order valence-corrected chi connectivity index (χ1v) is 6.39. The first kappa shape index (κ1) is 13.7. The van der Waals surface area contributed by atoms with Gasteiger partial charge in [0.05, 0.1) is 0 Å². The Kier molecular flexibility index (Phi) is 5.67. The largest absolute Gasteiger partial charge is 0.504 e. The molecule has 1 aromatic carbocycles. The highest BCUT2D eigenvalue weighted by atomic mass is 16.3. The Morgan fingerprint density at radius 3 is 1.94 bits per heavy atom. The van der Waals surface area contributed by atoms with Gasteiger partial charge in [0.1, 0.15) is 0 Å². The number of aryl methyl sites for hydroxylation is 1. The van der Waals surface area contributed by atoms with Crippen LogP contribution in [0.5, 0.6) is 17.2 Å². The first-order valence-electron chi connectivity index (χ1n) is 6.39. The van der Waals surface area contributed by atoms with Crippen LogP contribution in [-0.4, -0.2) is 15.3 Å². The maximum atomic E-state index is 9.34. The van der Waals surface area contributed by atoms with Crippen molar-refractivity contribution in [3.8, 4) is 17.2 Å². The van der Waals surface area contributed by atoms with Crippen molar-refractivity contribution < 1.29 is 15.3 Å². The molecule has 3 heteroatoms. The van der Waals surface area contributed by atoms with Crippen LogP contribution in [0.1, 0.15) is 51.0 Å². The van der Waals surface area contributed by atoms with E-state index < -0.39 is 5.75 Å². The summed E-state index contributed by atoms with van der Waals surface area (Å²) in [4.78, 5) is 0. The Balaban J connectivity index is 2.32. The van der Waals surface area contributed by atoms with E-state index in [0.29, 0.717) is 0 Å². The molecule has 96 valence electrons. The van der Waals surface area contributed by atoms with Crippen molar-refractivity contribution in [3.05, 3.63) is 17.7 Å². The van der Waals surface area contributed by atoms with Crippen LogP contribution in [0, 0.1) is 0 Å². The van der Waals surface area contributed by atoms with Crippen LogP contribution in [0.4, 0.5) is 0 Å². The molecule has 0 aromatic heterocycles. The summed E-state index contributed by atoms with van der Waals surface area (Å²) in [7, 11) is 0. The lowest BCUT2D eigenvalue weighted by Gasteiger charge is -2.06. The lowest BCUT2D eigenvalue weighted by atomic mass is 10.0. The van der Waals surface area contributed by atoms with E-state index in [-0.39, 0.29) is 11.5 Å². The van der Waals surface area contributed by atoms with E-state index in [1.54, 1.807) is 0 Å². The zero-order valence-corrected chi connectivity index (χ0v) is 10.4. The predicted molar refractivity (Wildman–Crippen MR) is 68.5 cm³/mol. The molecule has 0 aliphatic heterocycles. The maximum Gasteiger partial charge on any atom is 0.200 e. The molecule has 0 radical (unpaired) electrons. The summed E-state index contributed by atoms with van der Waals surface area (Å²) in [6.07, 6.45) is 8.11. The lowest BCUT2D eigenvalue weighted by molar-refractivity contribution is 0.367. The number of rotatable bonds is 7. The summed E-state index contributed by atoms with van der Waals surface area (Å²) in [5.74, 6) is -0.923. The van der Waals surface area contributed by atoms with Gasteiger partial charge >= 0.3 is 0 Å². The zero-order valence-electron chi connectivity index (χ0n) is 10.4. The molecule has 0 spiro atoms. The Morgan fingerprint density at radius 2 is 1.35 bits per heavy atom. The van der Waals surface area contributed by atoms with Crippen LogP contribution in [0.25, 0.3) is 0 Å². The SMILES string of the molecule is CCCCCCCCc1cc(O)c(O)c(O)c1. The highest BCUT2D eigenvalue weighted by molar-refractivity contribution is 5.51. The molecule has 3 N–H and O–H groups in total. The molecule has 0 aliphatic carbocycles. The van der Waals surface area contributed by atoms with Gasteiger partial charge in [-0.15, -0.1) is 0 Å². The summed E-state index contributed by atoms with van der Waals surface area (Å²) in [5.41, 5.74) is 0.869. The van der Waals surface area contributed by atoms with Crippen LogP contribution in [-0.2, 0) is 6.42 Å². The second-order valence-corrected chi connectivity index (χ2v) is 4.50. The van der Waals surface area contributed by atoms with Crippen molar-refractivity contribution in [2.75, 3.05) is 0 Å². The third-order valence-corrected chi connectivity index (χ3v) is 2.95. The summed E-state index contributed by atoms with van der Waals surface area (Å²) >= 11 is 0.